The third kappa shape index (κ3) is 3.84. The number of carboxylic acid groups (broad SMARTS) is 1. The molecule has 0 spiro atoms. The van der Waals surface area contributed by atoms with Crippen molar-refractivity contribution in [1.29, 1.82) is 0 Å². The highest BCUT2D eigenvalue weighted by Gasteiger charge is 2.26. The molecule has 0 aromatic carbocycles. The molecule has 0 aliphatic rings. The Morgan fingerprint density at radius 1 is 1.37 bits per heavy atom. The van der Waals surface area contributed by atoms with Gasteiger partial charge in [0.15, 0.2) is 0 Å². The molecule has 4 nitrogen and oxygen atoms in total. The van der Waals surface area contributed by atoms with Crippen molar-refractivity contribution >= 4 is 5.97 Å². The highest BCUT2D eigenvalue weighted by Crippen LogP contribution is 2.21. The Labute approximate surface area is 107 Å². The van der Waals surface area contributed by atoms with Crippen LogP contribution in [0.2, 0.25) is 0 Å². The summed E-state index contributed by atoms with van der Waals surface area (Å²) in [6.07, 6.45) is -5.54. The van der Waals surface area contributed by atoms with Crippen LogP contribution in [-0.4, -0.2) is 21.8 Å². The Morgan fingerprint density at radius 2 is 1.95 bits per heavy atom. The van der Waals surface area contributed by atoms with Crippen LogP contribution < -0.4 is 5.56 Å². The maximum Gasteiger partial charge on any atom is 0.389 e. The molecule has 0 aliphatic heterocycles. The monoisotopic (exact) mass is 277 g/mol. The van der Waals surface area contributed by atoms with E-state index < -0.39 is 29.7 Å². The predicted octanol–water partition coefficient (Wildman–Crippen LogP) is 2.51. The lowest BCUT2D eigenvalue weighted by molar-refractivity contribution is -0.135. The number of aromatic carboxylic acids is 1. The summed E-state index contributed by atoms with van der Waals surface area (Å²) >= 11 is 0. The van der Waals surface area contributed by atoms with E-state index in [0.717, 1.165) is 4.57 Å². The molecule has 0 atom stereocenters. The smallest absolute Gasteiger partial charge is 0.389 e. The first-order chi connectivity index (χ1) is 8.63. The van der Waals surface area contributed by atoms with Crippen LogP contribution in [0, 0.1) is 13.8 Å². The van der Waals surface area contributed by atoms with E-state index in [-0.39, 0.29) is 13.0 Å². The van der Waals surface area contributed by atoms with Gasteiger partial charge in [-0.1, -0.05) is 0 Å². The SMILES string of the molecule is Cc1cc(C)n(CCCC(F)(F)F)c(=O)c1C(=O)O. The van der Waals surface area contributed by atoms with Crippen molar-refractivity contribution in [3.05, 3.63) is 33.2 Å². The van der Waals surface area contributed by atoms with E-state index in [1.54, 1.807) is 6.92 Å². The molecular formula is C12H14F3NO3. The van der Waals surface area contributed by atoms with Gasteiger partial charge in [-0.2, -0.15) is 13.2 Å². The molecule has 1 aromatic rings. The van der Waals surface area contributed by atoms with Gasteiger partial charge in [0.25, 0.3) is 5.56 Å². The number of alkyl halides is 3. The number of aryl methyl sites for hydroxylation is 2. The molecule has 0 radical (unpaired) electrons. The van der Waals surface area contributed by atoms with Crippen molar-refractivity contribution in [1.82, 2.24) is 4.57 Å². The molecular weight excluding hydrogens is 263 g/mol. The number of rotatable bonds is 4. The first kappa shape index (κ1) is 15.3. The second-order valence-electron chi connectivity index (χ2n) is 4.32. The molecule has 19 heavy (non-hydrogen) atoms. The van der Waals surface area contributed by atoms with E-state index in [9.17, 15) is 22.8 Å². The maximum atomic E-state index is 12.0. The highest BCUT2D eigenvalue weighted by molar-refractivity contribution is 5.88. The minimum Gasteiger partial charge on any atom is -0.477 e. The Balaban J connectivity index is 3.05. The van der Waals surface area contributed by atoms with Gasteiger partial charge < -0.3 is 9.67 Å². The van der Waals surface area contributed by atoms with Gasteiger partial charge in [0, 0.05) is 18.7 Å². The molecule has 1 heterocycles. The normalized spacial score (nSPS) is 11.6. The van der Waals surface area contributed by atoms with Crippen LogP contribution in [0.5, 0.6) is 0 Å². The van der Waals surface area contributed by atoms with E-state index in [0.29, 0.717) is 11.3 Å². The zero-order chi connectivity index (χ0) is 14.8. The van der Waals surface area contributed by atoms with Crippen molar-refractivity contribution in [2.45, 2.75) is 39.4 Å². The van der Waals surface area contributed by atoms with Gasteiger partial charge in [-0.05, 0) is 31.9 Å². The summed E-state index contributed by atoms with van der Waals surface area (Å²) in [5.41, 5.74) is -0.387. The van der Waals surface area contributed by atoms with Crippen LogP contribution in [-0.2, 0) is 6.54 Å². The first-order valence-electron chi connectivity index (χ1n) is 5.64. The van der Waals surface area contributed by atoms with Crippen LogP contribution >= 0.6 is 0 Å². The lowest BCUT2D eigenvalue weighted by Gasteiger charge is -2.13. The fraction of sp³-hybridized carbons (Fsp3) is 0.500. The van der Waals surface area contributed by atoms with Gasteiger partial charge in [0.1, 0.15) is 5.56 Å². The fourth-order valence-electron chi connectivity index (χ4n) is 1.90. The number of nitrogens with zero attached hydrogens (tertiary/aromatic N) is 1. The van der Waals surface area contributed by atoms with Gasteiger partial charge in [0.2, 0.25) is 0 Å². The molecule has 0 saturated heterocycles. The van der Waals surface area contributed by atoms with E-state index in [1.165, 1.54) is 13.0 Å². The van der Waals surface area contributed by atoms with Gasteiger partial charge in [-0.15, -0.1) is 0 Å². The third-order valence-electron chi connectivity index (χ3n) is 2.76. The molecule has 1 N–H and O–H groups in total. The van der Waals surface area contributed by atoms with Crippen molar-refractivity contribution < 1.29 is 23.1 Å². The molecule has 106 valence electrons. The zero-order valence-corrected chi connectivity index (χ0v) is 10.5. The molecule has 1 rings (SSSR count). The summed E-state index contributed by atoms with van der Waals surface area (Å²) in [7, 11) is 0. The minimum atomic E-state index is -4.28. The predicted molar refractivity (Wildman–Crippen MR) is 62.4 cm³/mol. The Kier molecular flexibility index (Phi) is 4.39. The van der Waals surface area contributed by atoms with Gasteiger partial charge in [-0.3, -0.25) is 4.79 Å². The minimum absolute atomic E-state index is 0.148. The molecule has 0 bridgehead atoms. The summed E-state index contributed by atoms with van der Waals surface area (Å²) in [5.74, 6) is -1.37. The molecule has 7 heteroatoms. The second kappa shape index (κ2) is 5.46. The van der Waals surface area contributed by atoms with Crippen LogP contribution in [0.15, 0.2) is 10.9 Å². The fourth-order valence-corrected chi connectivity index (χ4v) is 1.90. The van der Waals surface area contributed by atoms with E-state index in [4.69, 9.17) is 5.11 Å². The standard InChI is InChI=1S/C12H14F3NO3/c1-7-6-8(2)16(5-3-4-12(13,14)15)10(17)9(7)11(18)19/h6H,3-5H2,1-2H3,(H,18,19). The van der Waals surface area contributed by atoms with Crippen LogP contribution in [0.4, 0.5) is 13.2 Å². The number of pyridine rings is 1. The molecule has 0 fully saturated rings. The summed E-state index contributed by atoms with van der Waals surface area (Å²) < 4.78 is 37.2. The first-order valence-corrected chi connectivity index (χ1v) is 5.64. The Morgan fingerprint density at radius 3 is 2.42 bits per heavy atom. The maximum absolute atomic E-state index is 12.0. The number of carboxylic acids is 1. The van der Waals surface area contributed by atoms with Crippen molar-refractivity contribution in [2.24, 2.45) is 0 Å². The molecule has 0 unspecified atom stereocenters. The topological polar surface area (TPSA) is 59.3 Å². The Hall–Kier alpha value is -1.79. The van der Waals surface area contributed by atoms with Crippen molar-refractivity contribution in [3.63, 3.8) is 0 Å². The van der Waals surface area contributed by atoms with Crippen LogP contribution in [0.1, 0.15) is 34.5 Å². The molecule has 0 amide bonds. The molecule has 1 aromatic heterocycles. The number of hydrogen-bond acceptors (Lipinski definition) is 2. The van der Waals surface area contributed by atoms with Crippen molar-refractivity contribution in [3.8, 4) is 0 Å². The van der Waals surface area contributed by atoms with E-state index in [1.807, 2.05) is 0 Å². The van der Waals surface area contributed by atoms with E-state index in [2.05, 4.69) is 0 Å². The summed E-state index contributed by atoms with van der Waals surface area (Å²) in [5, 5.41) is 8.92. The lowest BCUT2D eigenvalue weighted by Crippen LogP contribution is -2.29. The molecule has 0 aliphatic carbocycles. The molecule has 0 saturated carbocycles. The number of hydrogen-bond donors (Lipinski definition) is 1. The average molecular weight is 277 g/mol. The van der Waals surface area contributed by atoms with Crippen LogP contribution in [0.3, 0.4) is 0 Å². The summed E-state index contributed by atoms with van der Waals surface area (Å²) in [4.78, 5) is 22.9. The lowest BCUT2D eigenvalue weighted by atomic mass is 10.1. The van der Waals surface area contributed by atoms with Gasteiger partial charge in [-0.25, -0.2) is 4.79 Å². The number of aromatic nitrogens is 1. The van der Waals surface area contributed by atoms with Gasteiger partial charge >= 0.3 is 12.1 Å². The largest absolute Gasteiger partial charge is 0.477 e. The zero-order valence-electron chi connectivity index (χ0n) is 10.5. The van der Waals surface area contributed by atoms with E-state index >= 15 is 0 Å². The van der Waals surface area contributed by atoms with Gasteiger partial charge in [0.05, 0.1) is 0 Å². The highest BCUT2D eigenvalue weighted by atomic mass is 19.4. The Bertz CT molecular complexity index is 546. The summed E-state index contributed by atoms with van der Waals surface area (Å²) in [6.45, 7) is 2.90. The van der Waals surface area contributed by atoms with Crippen LogP contribution in [0.25, 0.3) is 0 Å². The second-order valence-corrected chi connectivity index (χ2v) is 4.32. The number of halogens is 3. The third-order valence-corrected chi connectivity index (χ3v) is 2.76. The van der Waals surface area contributed by atoms with Crippen molar-refractivity contribution in [2.75, 3.05) is 0 Å². The summed E-state index contributed by atoms with van der Waals surface area (Å²) in [6, 6.07) is 1.48. The number of carbonyl (C=O) groups is 1. The quantitative estimate of drug-likeness (QED) is 0.919. The average Bonchev–Trinajstić information content (AvgIpc) is 2.20.